The van der Waals surface area contributed by atoms with Gasteiger partial charge in [0.1, 0.15) is 17.1 Å². The van der Waals surface area contributed by atoms with Crippen molar-refractivity contribution in [2.45, 2.75) is 30.3 Å². The smallest absolute Gasteiger partial charge is 0.255 e. The molecule has 32 heavy (non-hydrogen) atoms. The zero-order valence-electron chi connectivity index (χ0n) is 17.6. The van der Waals surface area contributed by atoms with Gasteiger partial charge in [-0.05, 0) is 26.6 Å². The lowest BCUT2D eigenvalue weighted by molar-refractivity contribution is -0.181. The first-order chi connectivity index (χ1) is 14.8. The Kier molecular flexibility index (Phi) is 4.65. The number of aliphatic hydroxyl groups is 5. The number of carbonyl (C=O) groups excluding carboxylic acids is 3. The first kappa shape index (κ1) is 22.2. The fraction of sp³-hybridized carbons (Fsp3) is 0.409. The Morgan fingerprint density at radius 3 is 2.28 bits per heavy atom. The van der Waals surface area contributed by atoms with E-state index in [2.05, 4.69) is 0 Å². The number of primary amides is 1. The number of aliphatic hydroxyl groups excluding tert-OH is 3. The number of hydrogen-bond donors (Lipinski definition) is 6. The molecule has 1 aromatic rings. The number of hydrogen-bond acceptors (Lipinski definition) is 9. The fourth-order valence-electron chi connectivity index (χ4n) is 5.53. The molecule has 0 bridgehead atoms. The molecule has 0 aliphatic heterocycles. The van der Waals surface area contributed by atoms with Crippen LogP contribution in [-0.2, 0) is 20.0 Å². The minimum atomic E-state index is -2.94. The van der Waals surface area contributed by atoms with Gasteiger partial charge in [0.05, 0.1) is 35.2 Å². The standard InChI is InChI=1S/C22H24N2O8/c1-21(31)9-7-5-4-6-8(9)15(25)10-12(21)17(27)13-14(24(2)3)16(26)11(20(23)30)19(29)22(13,32)18(10)28/h4-7,12-14,17,25,27,29,31-32H,1-3H3,(H2,23,30)/t12-,13-,14-,17+,21-,22+/m0/s1. The van der Waals surface area contributed by atoms with Gasteiger partial charge in [0.15, 0.2) is 11.4 Å². The SMILES string of the molecule is CN(C)[C@@H]1C(=O)C(C(N)=O)=C(O)[C@]2(O)C(=O)C3=C(O)c4ccccc4[C@](C)(O)[C@@H]3[C@@H](O)[C@H]12. The highest BCUT2D eigenvalue weighted by atomic mass is 16.4. The van der Waals surface area contributed by atoms with E-state index in [0.29, 0.717) is 0 Å². The molecule has 1 saturated carbocycles. The van der Waals surface area contributed by atoms with E-state index in [4.69, 9.17) is 5.73 Å². The number of benzene rings is 1. The van der Waals surface area contributed by atoms with Gasteiger partial charge in [0, 0.05) is 5.56 Å². The normalized spacial score (nSPS) is 36.7. The number of amides is 1. The molecule has 170 valence electrons. The summed E-state index contributed by atoms with van der Waals surface area (Å²) < 4.78 is 0. The third-order valence-electron chi connectivity index (χ3n) is 6.94. The van der Waals surface area contributed by atoms with Gasteiger partial charge in [0.25, 0.3) is 5.91 Å². The first-order valence-electron chi connectivity index (χ1n) is 9.94. The van der Waals surface area contributed by atoms with Gasteiger partial charge in [-0.1, -0.05) is 24.3 Å². The second-order valence-corrected chi connectivity index (χ2v) is 8.91. The summed E-state index contributed by atoms with van der Waals surface area (Å²) in [6, 6.07) is 4.72. The van der Waals surface area contributed by atoms with Crippen molar-refractivity contribution in [3.8, 4) is 0 Å². The highest BCUT2D eigenvalue weighted by molar-refractivity contribution is 6.24. The maximum absolute atomic E-state index is 13.7. The fourth-order valence-corrected chi connectivity index (χ4v) is 5.53. The molecule has 6 atom stereocenters. The predicted molar refractivity (Wildman–Crippen MR) is 110 cm³/mol. The summed E-state index contributed by atoms with van der Waals surface area (Å²) in [5.74, 6) is -8.53. The van der Waals surface area contributed by atoms with E-state index in [1.807, 2.05) is 0 Å². The molecule has 3 aliphatic rings. The number of Topliss-reactive ketones (excluding diaryl/α,β-unsaturated/α-hetero) is 2. The van der Waals surface area contributed by atoms with Crippen LogP contribution in [0.5, 0.6) is 0 Å². The minimum absolute atomic E-state index is 0.112. The molecule has 0 unspecified atom stereocenters. The number of nitrogens with zero attached hydrogens (tertiary/aromatic N) is 1. The van der Waals surface area contributed by atoms with Crippen LogP contribution in [0.25, 0.3) is 5.76 Å². The average Bonchev–Trinajstić information content (AvgIpc) is 2.70. The van der Waals surface area contributed by atoms with Crippen LogP contribution in [0.2, 0.25) is 0 Å². The van der Waals surface area contributed by atoms with E-state index in [-0.39, 0.29) is 11.1 Å². The van der Waals surface area contributed by atoms with E-state index in [1.54, 1.807) is 12.1 Å². The molecule has 10 heteroatoms. The summed E-state index contributed by atoms with van der Waals surface area (Å²) in [6.45, 7) is 1.35. The summed E-state index contributed by atoms with van der Waals surface area (Å²) in [5.41, 5.74) is -0.672. The summed E-state index contributed by atoms with van der Waals surface area (Å²) in [4.78, 5) is 39.9. The molecule has 0 aromatic heterocycles. The summed E-state index contributed by atoms with van der Waals surface area (Å²) >= 11 is 0. The Labute approximate surface area is 182 Å². The Bertz CT molecular complexity index is 1130. The maximum atomic E-state index is 13.7. The van der Waals surface area contributed by atoms with Crippen LogP contribution >= 0.6 is 0 Å². The van der Waals surface area contributed by atoms with Crippen molar-refractivity contribution in [1.29, 1.82) is 0 Å². The predicted octanol–water partition coefficient (Wildman–Crippen LogP) is -1.11. The lowest BCUT2D eigenvalue weighted by Gasteiger charge is -2.55. The molecule has 7 N–H and O–H groups in total. The molecule has 10 nitrogen and oxygen atoms in total. The molecule has 1 aromatic carbocycles. The average molecular weight is 444 g/mol. The van der Waals surface area contributed by atoms with Crippen molar-refractivity contribution >= 4 is 23.2 Å². The molecule has 0 heterocycles. The van der Waals surface area contributed by atoms with Crippen LogP contribution in [0.1, 0.15) is 18.1 Å². The van der Waals surface area contributed by atoms with Crippen molar-refractivity contribution in [3.05, 3.63) is 52.3 Å². The molecule has 0 radical (unpaired) electrons. The highest BCUT2D eigenvalue weighted by Gasteiger charge is 2.69. The number of fused-ring (bicyclic) bond motifs is 3. The molecular formula is C22H24N2O8. The van der Waals surface area contributed by atoms with Crippen LogP contribution in [0.15, 0.2) is 41.2 Å². The van der Waals surface area contributed by atoms with E-state index in [0.717, 1.165) is 0 Å². The van der Waals surface area contributed by atoms with E-state index >= 15 is 0 Å². The number of ketones is 2. The first-order valence-corrected chi connectivity index (χ1v) is 9.94. The minimum Gasteiger partial charge on any atom is -0.508 e. The van der Waals surface area contributed by atoms with Crippen molar-refractivity contribution in [3.63, 3.8) is 0 Å². The van der Waals surface area contributed by atoms with Crippen LogP contribution < -0.4 is 5.73 Å². The topological polar surface area (TPSA) is 182 Å². The molecule has 1 amide bonds. The van der Waals surface area contributed by atoms with Crippen molar-refractivity contribution in [2.75, 3.05) is 14.1 Å². The van der Waals surface area contributed by atoms with Gasteiger partial charge in [-0.3, -0.25) is 19.3 Å². The number of rotatable bonds is 2. The number of carbonyl (C=O) groups is 3. The second kappa shape index (κ2) is 6.72. The highest BCUT2D eigenvalue weighted by Crippen LogP contribution is 2.56. The van der Waals surface area contributed by atoms with E-state index in [1.165, 1.54) is 38.1 Å². The van der Waals surface area contributed by atoms with Crippen LogP contribution in [0.3, 0.4) is 0 Å². The van der Waals surface area contributed by atoms with Gasteiger partial charge in [-0.25, -0.2) is 0 Å². The molecule has 4 rings (SSSR count). The molecule has 3 aliphatic carbocycles. The van der Waals surface area contributed by atoms with Gasteiger partial charge < -0.3 is 31.3 Å². The van der Waals surface area contributed by atoms with E-state index in [9.17, 15) is 39.9 Å². The number of nitrogens with two attached hydrogens (primary N) is 1. The molecule has 0 spiro atoms. The zero-order valence-corrected chi connectivity index (χ0v) is 17.6. The zero-order chi connectivity index (χ0) is 23.9. The van der Waals surface area contributed by atoms with Crippen LogP contribution in [0, 0.1) is 11.8 Å². The second-order valence-electron chi connectivity index (χ2n) is 8.91. The Morgan fingerprint density at radius 1 is 1.12 bits per heavy atom. The lowest BCUT2D eigenvalue weighted by Crippen LogP contribution is -2.71. The monoisotopic (exact) mass is 444 g/mol. The summed E-state index contributed by atoms with van der Waals surface area (Å²) in [5, 5.41) is 56.0. The third-order valence-corrected chi connectivity index (χ3v) is 6.94. The largest absolute Gasteiger partial charge is 0.508 e. The lowest BCUT2D eigenvalue weighted by atomic mass is 9.53. The quantitative estimate of drug-likeness (QED) is 0.308. The third kappa shape index (κ3) is 2.46. The summed E-state index contributed by atoms with van der Waals surface area (Å²) in [6.07, 6.45) is -1.79. The van der Waals surface area contributed by atoms with Crippen LogP contribution in [0.4, 0.5) is 0 Å². The van der Waals surface area contributed by atoms with Gasteiger partial charge in [-0.15, -0.1) is 0 Å². The van der Waals surface area contributed by atoms with E-state index < -0.39 is 75.3 Å². The molecule has 0 saturated heterocycles. The van der Waals surface area contributed by atoms with Gasteiger partial charge in [-0.2, -0.15) is 0 Å². The van der Waals surface area contributed by atoms with Crippen LogP contribution in [-0.4, -0.2) is 79.7 Å². The molecular weight excluding hydrogens is 420 g/mol. The maximum Gasteiger partial charge on any atom is 0.255 e. The Morgan fingerprint density at radius 2 is 1.72 bits per heavy atom. The molecule has 1 fully saturated rings. The number of likely N-dealkylation sites (N-methyl/N-ethyl adjacent to an activating group) is 1. The van der Waals surface area contributed by atoms with Crippen molar-refractivity contribution < 1.29 is 39.9 Å². The Hall–Kier alpha value is -3.05. The van der Waals surface area contributed by atoms with Crippen molar-refractivity contribution in [2.24, 2.45) is 17.6 Å². The van der Waals surface area contributed by atoms with Crippen molar-refractivity contribution in [1.82, 2.24) is 4.90 Å². The summed E-state index contributed by atoms with van der Waals surface area (Å²) in [7, 11) is 2.86. The van der Waals surface area contributed by atoms with Gasteiger partial charge in [0.2, 0.25) is 5.78 Å². The van der Waals surface area contributed by atoms with Gasteiger partial charge >= 0.3 is 0 Å². The Balaban J connectivity index is 2.09.